The van der Waals surface area contributed by atoms with Crippen molar-refractivity contribution in [1.29, 1.82) is 0 Å². The molecule has 0 atom stereocenters. The summed E-state index contributed by atoms with van der Waals surface area (Å²) < 4.78 is 19.0. The highest BCUT2D eigenvalue weighted by Gasteiger charge is 2.16. The number of hydrogen-bond acceptors (Lipinski definition) is 5. The number of halogens is 1. The van der Waals surface area contributed by atoms with Crippen LogP contribution in [0.2, 0.25) is 0 Å². The van der Waals surface area contributed by atoms with Gasteiger partial charge >= 0.3 is 0 Å². The van der Waals surface area contributed by atoms with Crippen LogP contribution in [0.25, 0.3) is 11.5 Å². The fourth-order valence-corrected chi connectivity index (χ4v) is 3.28. The van der Waals surface area contributed by atoms with Crippen LogP contribution in [0.15, 0.2) is 58.2 Å². The van der Waals surface area contributed by atoms with Gasteiger partial charge in [-0.25, -0.2) is 4.39 Å². The molecule has 7 heteroatoms. The van der Waals surface area contributed by atoms with Crippen LogP contribution in [0.1, 0.15) is 18.1 Å². The first-order valence-electron chi connectivity index (χ1n) is 8.60. The Kier molecular flexibility index (Phi) is 6.24. The second-order valence-corrected chi connectivity index (χ2v) is 7.00. The molecule has 3 aromatic rings. The normalized spacial score (nSPS) is 10.8. The molecule has 1 aromatic heterocycles. The van der Waals surface area contributed by atoms with E-state index < -0.39 is 0 Å². The molecule has 27 heavy (non-hydrogen) atoms. The zero-order chi connectivity index (χ0) is 19.2. The Morgan fingerprint density at radius 2 is 2.00 bits per heavy atom. The van der Waals surface area contributed by atoms with Gasteiger partial charge in [0.2, 0.25) is 11.8 Å². The van der Waals surface area contributed by atoms with E-state index in [1.165, 1.54) is 23.9 Å². The largest absolute Gasteiger partial charge is 0.411 e. The number of amides is 1. The summed E-state index contributed by atoms with van der Waals surface area (Å²) in [6.07, 6.45) is 0. The SMILES string of the molecule is CCN(Cc1cccc(F)c1)C(=O)CSc1nnc(-c2cccc(C)c2)o1. The van der Waals surface area contributed by atoms with Crippen molar-refractivity contribution in [2.45, 2.75) is 25.6 Å². The summed E-state index contributed by atoms with van der Waals surface area (Å²) in [5.74, 6) is 0.237. The van der Waals surface area contributed by atoms with E-state index in [9.17, 15) is 9.18 Å². The van der Waals surface area contributed by atoms with Crippen molar-refractivity contribution in [2.75, 3.05) is 12.3 Å². The van der Waals surface area contributed by atoms with E-state index in [1.54, 1.807) is 17.0 Å². The van der Waals surface area contributed by atoms with Gasteiger partial charge < -0.3 is 9.32 Å². The number of carbonyl (C=O) groups excluding carboxylic acids is 1. The van der Waals surface area contributed by atoms with Crippen LogP contribution in [0.5, 0.6) is 0 Å². The Morgan fingerprint density at radius 1 is 1.19 bits per heavy atom. The molecule has 0 saturated carbocycles. The van der Waals surface area contributed by atoms with E-state index in [0.29, 0.717) is 24.2 Å². The van der Waals surface area contributed by atoms with Crippen LogP contribution < -0.4 is 0 Å². The van der Waals surface area contributed by atoms with Crippen molar-refractivity contribution < 1.29 is 13.6 Å². The van der Waals surface area contributed by atoms with Crippen LogP contribution in [0, 0.1) is 12.7 Å². The number of carbonyl (C=O) groups is 1. The molecule has 140 valence electrons. The highest BCUT2D eigenvalue weighted by atomic mass is 32.2. The number of aromatic nitrogens is 2. The third-order valence-corrected chi connectivity index (χ3v) is 4.79. The molecule has 1 heterocycles. The fraction of sp³-hybridized carbons (Fsp3) is 0.250. The van der Waals surface area contributed by atoms with Crippen molar-refractivity contribution >= 4 is 17.7 Å². The van der Waals surface area contributed by atoms with Gasteiger partial charge in [-0.1, -0.05) is 41.6 Å². The van der Waals surface area contributed by atoms with Crippen molar-refractivity contribution in [3.8, 4) is 11.5 Å². The molecule has 5 nitrogen and oxygen atoms in total. The molecule has 0 aliphatic heterocycles. The molecule has 0 radical (unpaired) electrons. The first-order chi connectivity index (χ1) is 13.0. The first kappa shape index (κ1) is 19.1. The number of aryl methyl sites for hydroxylation is 1. The van der Waals surface area contributed by atoms with Crippen LogP contribution in [0.4, 0.5) is 4.39 Å². The Balaban J connectivity index is 1.59. The van der Waals surface area contributed by atoms with Gasteiger partial charge in [0.05, 0.1) is 5.75 Å². The molecule has 0 N–H and O–H groups in total. The Labute approximate surface area is 161 Å². The van der Waals surface area contributed by atoms with Gasteiger partial charge in [0.1, 0.15) is 5.82 Å². The summed E-state index contributed by atoms with van der Waals surface area (Å²) in [6, 6.07) is 14.1. The van der Waals surface area contributed by atoms with E-state index in [4.69, 9.17) is 4.42 Å². The topological polar surface area (TPSA) is 59.2 Å². The summed E-state index contributed by atoms with van der Waals surface area (Å²) in [6.45, 7) is 4.79. The first-order valence-corrected chi connectivity index (χ1v) is 9.59. The van der Waals surface area contributed by atoms with Crippen LogP contribution >= 0.6 is 11.8 Å². The summed E-state index contributed by atoms with van der Waals surface area (Å²) in [7, 11) is 0. The highest BCUT2D eigenvalue weighted by Crippen LogP contribution is 2.24. The zero-order valence-electron chi connectivity index (χ0n) is 15.2. The van der Waals surface area contributed by atoms with E-state index in [1.807, 2.05) is 38.1 Å². The van der Waals surface area contributed by atoms with Gasteiger partial charge in [-0.2, -0.15) is 0 Å². The van der Waals surface area contributed by atoms with Crippen molar-refractivity contribution in [2.24, 2.45) is 0 Å². The minimum Gasteiger partial charge on any atom is -0.411 e. The highest BCUT2D eigenvalue weighted by molar-refractivity contribution is 7.99. The van der Waals surface area contributed by atoms with E-state index >= 15 is 0 Å². The molecule has 0 saturated heterocycles. The predicted molar refractivity (Wildman–Crippen MR) is 103 cm³/mol. The zero-order valence-corrected chi connectivity index (χ0v) is 16.0. The number of thioether (sulfide) groups is 1. The quantitative estimate of drug-likeness (QED) is 0.567. The molecular formula is C20H20FN3O2S. The molecule has 2 aromatic carbocycles. The van der Waals surface area contributed by atoms with Crippen molar-refractivity contribution in [3.63, 3.8) is 0 Å². The maximum atomic E-state index is 13.3. The van der Waals surface area contributed by atoms with Gasteiger partial charge in [-0.3, -0.25) is 4.79 Å². The van der Waals surface area contributed by atoms with Crippen LogP contribution in [-0.4, -0.2) is 33.3 Å². The van der Waals surface area contributed by atoms with Gasteiger partial charge in [0, 0.05) is 18.7 Å². The Hall–Kier alpha value is -2.67. The van der Waals surface area contributed by atoms with Gasteiger partial charge in [-0.05, 0) is 43.7 Å². The number of hydrogen-bond donors (Lipinski definition) is 0. The summed E-state index contributed by atoms with van der Waals surface area (Å²) in [4.78, 5) is 14.1. The monoisotopic (exact) mass is 385 g/mol. The Bertz CT molecular complexity index is 929. The number of nitrogens with zero attached hydrogens (tertiary/aromatic N) is 3. The molecule has 0 aliphatic carbocycles. The summed E-state index contributed by atoms with van der Waals surface area (Å²) in [5, 5.41) is 8.39. The molecule has 1 amide bonds. The van der Waals surface area contributed by atoms with E-state index in [0.717, 1.165) is 16.7 Å². The molecule has 0 aliphatic rings. The van der Waals surface area contributed by atoms with Crippen LogP contribution in [-0.2, 0) is 11.3 Å². The summed E-state index contributed by atoms with van der Waals surface area (Å²) in [5.41, 5.74) is 2.71. The summed E-state index contributed by atoms with van der Waals surface area (Å²) >= 11 is 1.20. The minimum absolute atomic E-state index is 0.0675. The third-order valence-electron chi connectivity index (χ3n) is 3.99. The van der Waals surface area contributed by atoms with Crippen molar-refractivity contribution in [3.05, 3.63) is 65.5 Å². The smallest absolute Gasteiger partial charge is 0.277 e. The second kappa shape index (κ2) is 8.81. The van der Waals surface area contributed by atoms with Gasteiger partial charge in [0.25, 0.3) is 5.22 Å². The second-order valence-electron chi connectivity index (χ2n) is 6.07. The minimum atomic E-state index is -0.306. The van der Waals surface area contributed by atoms with E-state index in [2.05, 4.69) is 10.2 Å². The molecular weight excluding hydrogens is 365 g/mol. The molecule has 0 spiro atoms. The van der Waals surface area contributed by atoms with Crippen LogP contribution in [0.3, 0.4) is 0 Å². The maximum Gasteiger partial charge on any atom is 0.277 e. The number of rotatable bonds is 7. The molecule has 0 unspecified atom stereocenters. The van der Waals surface area contributed by atoms with E-state index in [-0.39, 0.29) is 17.5 Å². The lowest BCUT2D eigenvalue weighted by Crippen LogP contribution is -2.31. The average Bonchev–Trinajstić information content (AvgIpc) is 3.13. The molecule has 0 bridgehead atoms. The standard InChI is InChI=1S/C20H20FN3O2S/c1-3-24(12-15-7-5-9-17(21)11-15)18(25)13-27-20-23-22-19(26-20)16-8-4-6-14(2)10-16/h4-11H,3,12-13H2,1-2H3. The average molecular weight is 385 g/mol. The fourth-order valence-electron chi connectivity index (χ4n) is 2.61. The third kappa shape index (κ3) is 5.17. The van der Waals surface area contributed by atoms with Crippen molar-refractivity contribution in [1.82, 2.24) is 15.1 Å². The van der Waals surface area contributed by atoms with Gasteiger partial charge in [-0.15, -0.1) is 10.2 Å². The Morgan fingerprint density at radius 3 is 2.74 bits per heavy atom. The predicted octanol–water partition coefficient (Wildman–Crippen LogP) is 4.32. The molecule has 3 rings (SSSR count). The molecule has 0 fully saturated rings. The lowest BCUT2D eigenvalue weighted by molar-refractivity contribution is -0.128. The number of benzene rings is 2. The maximum absolute atomic E-state index is 13.3. The lowest BCUT2D eigenvalue weighted by Gasteiger charge is -2.20. The van der Waals surface area contributed by atoms with Gasteiger partial charge in [0.15, 0.2) is 0 Å². The lowest BCUT2D eigenvalue weighted by atomic mass is 10.1.